The van der Waals surface area contributed by atoms with Crippen LogP contribution in [0.2, 0.25) is 0 Å². The maximum atomic E-state index is 13.2. The van der Waals surface area contributed by atoms with E-state index in [9.17, 15) is 19.5 Å². The van der Waals surface area contributed by atoms with Crippen LogP contribution in [0.25, 0.3) is 0 Å². The molecule has 0 radical (unpaired) electrons. The molecule has 1 heterocycles. The lowest BCUT2D eigenvalue weighted by Gasteiger charge is -2.42. The summed E-state index contributed by atoms with van der Waals surface area (Å²) in [5.74, 6) is -0.346. The van der Waals surface area contributed by atoms with Gasteiger partial charge in [-0.2, -0.15) is 0 Å². The Morgan fingerprint density at radius 1 is 1.25 bits per heavy atom. The number of carbonyl (C=O) groups excluding carboxylic acids is 2. The van der Waals surface area contributed by atoms with E-state index in [2.05, 4.69) is 6.92 Å². The topological polar surface area (TPSA) is 74.7 Å². The van der Waals surface area contributed by atoms with E-state index in [4.69, 9.17) is 0 Å². The first-order valence-corrected chi connectivity index (χ1v) is 9.48. The molecule has 1 N–H and O–H groups in total. The van der Waals surface area contributed by atoms with Crippen LogP contribution in [0.5, 0.6) is 0 Å². The normalized spacial score (nSPS) is 29.5. The van der Waals surface area contributed by atoms with Gasteiger partial charge < -0.3 is 14.8 Å². The number of anilines is 1. The van der Waals surface area contributed by atoms with Gasteiger partial charge in [-0.1, -0.05) is 6.92 Å². The molecule has 6 heteroatoms. The zero-order valence-corrected chi connectivity index (χ0v) is 14.6. The van der Waals surface area contributed by atoms with E-state index in [-0.39, 0.29) is 28.7 Å². The molecule has 0 saturated heterocycles. The number of carboxylic acids is 1. The third-order valence-electron chi connectivity index (χ3n) is 5.41. The average molecular weight is 349 g/mol. The van der Waals surface area contributed by atoms with E-state index in [1.54, 1.807) is 16.3 Å². The van der Waals surface area contributed by atoms with Crippen molar-refractivity contribution in [2.24, 2.45) is 17.8 Å². The molecule has 0 aliphatic heterocycles. The molecule has 24 heavy (non-hydrogen) atoms. The number of aromatic carboxylic acids is 1. The van der Waals surface area contributed by atoms with Crippen molar-refractivity contribution in [3.05, 3.63) is 16.3 Å². The SMILES string of the molecule is CC1CCC(C(=O)N(c2ccsc2C(=O)O)C2CC(C=O)C2)CC1. The first-order chi connectivity index (χ1) is 11.5. The number of amides is 1. The van der Waals surface area contributed by atoms with E-state index in [0.29, 0.717) is 24.4 Å². The van der Waals surface area contributed by atoms with Crippen molar-refractivity contribution in [3.8, 4) is 0 Å². The second-order valence-corrected chi connectivity index (χ2v) is 8.04. The maximum Gasteiger partial charge on any atom is 0.348 e. The lowest BCUT2D eigenvalue weighted by atomic mass is 9.78. The minimum absolute atomic E-state index is 0.0106. The van der Waals surface area contributed by atoms with Crippen molar-refractivity contribution >= 4 is 35.2 Å². The standard InChI is InChI=1S/C18H23NO4S/c1-11-2-4-13(5-3-11)17(21)19(14-8-12(9-14)10-20)15-6-7-24-16(15)18(22)23/h6-7,10-14H,2-5,8-9H2,1H3,(H,22,23). The van der Waals surface area contributed by atoms with E-state index in [1.807, 2.05) is 0 Å². The summed E-state index contributed by atoms with van der Waals surface area (Å²) in [6.07, 6.45) is 6.02. The number of aldehydes is 1. The molecule has 3 rings (SSSR count). The van der Waals surface area contributed by atoms with Crippen LogP contribution in [0.4, 0.5) is 5.69 Å². The first-order valence-electron chi connectivity index (χ1n) is 8.60. The first kappa shape index (κ1) is 17.1. The van der Waals surface area contributed by atoms with Gasteiger partial charge in [0.05, 0.1) is 5.69 Å². The smallest absolute Gasteiger partial charge is 0.348 e. The number of nitrogens with zero attached hydrogens (tertiary/aromatic N) is 1. The van der Waals surface area contributed by atoms with Crippen molar-refractivity contribution in [1.82, 2.24) is 0 Å². The van der Waals surface area contributed by atoms with Gasteiger partial charge in [0.1, 0.15) is 11.2 Å². The number of thiophene rings is 1. The quantitative estimate of drug-likeness (QED) is 0.825. The van der Waals surface area contributed by atoms with Crippen molar-refractivity contribution in [3.63, 3.8) is 0 Å². The Morgan fingerprint density at radius 3 is 2.50 bits per heavy atom. The Morgan fingerprint density at radius 2 is 1.92 bits per heavy atom. The van der Waals surface area contributed by atoms with Crippen molar-refractivity contribution < 1.29 is 19.5 Å². The van der Waals surface area contributed by atoms with Crippen LogP contribution >= 0.6 is 11.3 Å². The molecule has 0 aromatic carbocycles. The molecule has 2 aliphatic rings. The summed E-state index contributed by atoms with van der Waals surface area (Å²) in [6.45, 7) is 2.21. The Balaban J connectivity index is 1.85. The second kappa shape index (κ2) is 7.05. The molecule has 0 spiro atoms. The summed E-state index contributed by atoms with van der Waals surface area (Å²) < 4.78 is 0. The van der Waals surface area contributed by atoms with E-state index < -0.39 is 5.97 Å². The summed E-state index contributed by atoms with van der Waals surface area (Å²) in [5.41, 5.74) is 0.505. The highest BCUT2D eigenvalue weighted by molar-refractivity contribution is 7.12. The Bertz CT molecular complexity index is 627. The summed E-state index contributed by atoms with van der Waals surface area (Å²) in [7, 11) is 0. The molecule has 2 aliphatic carbocycles. The summed E-state index contributed by atoms with van der Waals surface area (Å²) in [6, 6.07) is 1.67. The second-order valence-electron chi connectivity index (χ2n) is 7.13. The van der Waals surface area contributed by atoms with Gasteiger partial charge in [0.25, 0.3) is 0 Å². The minimum Gasteiger partial charge on any atom is -0.477 e. The van der Waals surface area contributed by atoms with E-state index in [1.165, 1.54) is 0 Å². The van der Waals surface area contributed by atoms with Gasteiger partial charge >= 0.3 is 5.97 Å². The summed E-state index contributed by atoms with van der Waals surface area (Å²) in [4.78, 5) is 37.5. The van der Waals surface area contributed by atoms with Crippen LogP contribution in [0.15, 0.2) is 11.4 Å². The van der Waals surface area contributed by atoms with E-state index in [0.717, 1.165) is 43.3 Å². The predicted molar refractivity (Wildman–Crippen MR) is 92.5 cm³/mol. The maximum absolute atomic E-state index is 13.2. The van der Waals surface area contributed by atoms with Gasteiger partial charge in [-0.05, 0) is 55.9 Å². The van der Waals surface area contributed by atoms with Crippen LogP contribution < -0.4 is 4.90 Å². The Kier molecular flexibility index (Phi) is 5.04. The van der Waals surface area contributed by atoms with Crippen LogP contribution in [0, 0.1) is 17.8 Å². The number of carbonyl (C=O) groups is 3. The molecule has 130 valence electrons. The molecule has 0 unspecified atom stereocenters. The fourth-order valence-corrected chi connectivity index (χ4v) is 4.52. The summed E-state index contributed by atoms with van der Waals surface area (Å²) >= 11 is 1.15. The van der Waals surface area contributed by atoms with Gasteiger partial charge in [-0.3, -0.25) is 4.79 Å². The monoisotopic (exact) mass is 349 g/mol. The van der Waals surface area contributed by atoms with Gasteiger partial charge in [0.15, 0.2) is 0 Å². The van der Waals surface area contributed by atoms with Gasteiger partial charge in [-0.15, -0.1) is 11.3 Å². The zero-order chi connectivity index (χ0) is 17.3. The molecule has 2 fully saturated rings. The fourth-order valence-electron chi connectivity index (χ4n) is 3.80. The predicted octanol–water partition coefficient (Wildman–Crippen LogP) is 3.58. The average Bonchev–Trinajstić information content (AvgIpc) is 2.99. The third-order valence-corrected chi connectivity index (χ3v) is 6.30. The van der Waals surface area contributed by atoms with Crippen LogP contribution in [-0.2, 0) is 9.59 Å². The highest BCUT2D eigenvalue weighted by Crippen LogP contribution is 2.39. The van der Waals surface area contributed by atoms with E-state index >= 15 is 0 Å². The highest BCUT2D eigenvalue weighted by Gasteiger charge is 2.41. The molecule has 2 saturated carbocycles. The summed E-state index contributed by atoms with van der Waals surface area (Å²) in [5, 5.41) is 11.1. The molecule has 1 aromatic heterocycles. The lowest BCUT2D eigenvalue weighted by Crippen LogP contribution is -2.51. The number of carboxylic acid groups (broad SMARTS) is 1. The third kappa shape index (κ3) is 3.24. The van der Waals surface area contributed by atoms with Gasteiger partial charge in [0.2, 0.25) is 5.91 Å². The molecule has 1 aromatic rings. The van der Waals surface area contributed by atoms with Crippen LogP contribution in [0.1, 0.15) is 55.1 Å². The molecular formula is C18H23NO4S. The van der Waals surface area contributed by atoms with Gasteiger partial charge in [0, 0.05) is 17.9 Å². The van der Waals surface area contributed by atoms with Crippen molar-refractivity contribution in [2.45, 2.75) is 51.5 Å². The molecule has 0 bridgehead atoms. The lowest BCUT2D eigenvalue weighted by molar-refractivity contribution is -0.125. The van der Waals surface area contributed by atoms with Crippen LogP contribution in [0.3, 0.4) is 0 Å². The van der Waals surface area contributed by atoms with Crippen molar-refractivity contribution in [1.29, 1.82) is 0 Å². The molecular weight excluding hydrogens is 326 g/mol. The molecule has 5 nitrogen and oxygen atoms in total. The van der Waals surface area contributed by atoms with Gasteiger partial charge in [-0.25, -0.2) is 4.79 Å². The highest BCUT2D eigenvalue weighted by atomic mass is 32.1. The Labute approximate surface area is 145 Å². The minimum atomic E-state index is -0.999. The van der Waals surface area contributed by atoms with Crippen molar-refractivity contribution in [2.75, 3.05) is 4.90 Å². The number of hydrogen-bond acceptors (Lipinski definition) is 4. The molecule has 0 atom stereocenters. The number of hydrogen-bond donors (Lipinski definition) is 1. The zero-order valence-electron chi connectivity index (χ0n) is 13.8. The Hall–Kier alpha value is -1.69. The fraction of sp³-hybridized carbons (Fsp3) is 0.611. The van der Waals surface area contributed by atoms with Crippen LogP contribution in [-0.4, -0.2) is 29.3 Å². The number of rotatable bonds is 5. The molecule has 1 amide bonds. The largest absolute Gasteiger partial charge is 0.477 e.